The second-order valence-electron chi connectivity index (χ2n) is 3.96. The molecule has 3 aromatic rings. The summed E-state index contributed by atoms with van der Waals surface area (Å²) in [5.41, 5.74) is 2.23. The molecule has 0 aliphatic carbocycles. The molecule has 2 aromatic heterocycles. The third-order valence-corrected chi connectivity index (χ3v) is 3.92. The number of nitrogens with zero attached hydrogens (tertiary/aromatic N) is 2. The minimum atomic E-state index is 0.636. The van der Waals surface area contributed by atoms with E-state index in [1.165, 1.54) is 10.3 Å². The summed E-state index contributed by atoms with van der Waals surface area (Å²) in [6.45, 7) is 2.07. The summed E-state index contributed by atoms with van der Waals surface area (Å²) < 4.78 is 3.03. The van der Waals surface area contributed by atoms with Gasteiger partial charge in [-0.25, -0.2) is 4.98 Å². The highest BCUT2D eigenvalue weighted by Crippen LogP contribution is 2.27. The van der Waals surface area contributed by atoms with Gasteiger partial charge in [-0.1, -0.05) is 23.5 Å². The molecule has 0 unspecified atom stereocenters. The predicted molar refractivity (Wildman–Crippen MR) is 80.4 cm³/mol. The third-order valence-electron chi connectivity index (χ3n) is 2.67. The Labute approximate surface area is 114 Å². The molecule has 0 amide bonds. The average molecular weight is 273 g/mol. The largest absolute Gasteiger partial charge is 0.308 e. The molecule has 0 aliphatic heterocycles. The zero-order valence-corrected chi connectivity index (χ0v) is 11.4. The molecule has 1 aromatic carbocycles. The van der Waals surface area contributed by atoms with Crippen LogP contribution in [0.5, 0.6) is 0 Å². The van der Waals surface area contributed by atoms with Crippen LogP contribution in [-0.4, -0.2) is 14.7 Å². The number of aromatic nitrogens is 2. The zero-order chi connectivity index (χ0) is 12.5. The fraction of sp³-hybridized carbons (Fsp3) is 0.0769. The Morgan fingerprint density at radius 2 is 2.06 bits per heavy atom. The Balaban J connectivity index is 1.92. The first-order valence-corrected chi connectivity index (χ1v) is 6.77. The summed E-state index contributed by atoms with van der Waals surface area (Å²) >= 11 is 6.93. The summed E-state index contributed by atoms with van der Waals surface area (Å²) in [6, 6.07) is 10.1. The van der Waals surface area contributed by atoms with Gasteiger partial charge in [0, 0.05) is 12.4 Å². The Bertz CT molecular complexity index is 698. The smallest absolute Gasteiger partial charge is 0.190 e. The number of hydrogen-bond donors (Lipinski definition) is 1. The van der Waals surface area contributed by atoms with Gasteiger partial charge in [0.15, 0.2) is 10.2 Å². The predicted octanol–water partition coefficient (Wildman–Crippen LogP) is 3.65. The average Bonchev–Trinajstić information content (AvgIpc) is 2.97. The maximum atomic E-state index is 5.31. The fourth-order valence-corrected chi connectivity index (χ4v) is 2.99. The lowest BCUT2D eigenvalue weighted by molar-refractivity contribution is 1.18. The van der Waals surface area contributed by atoms with Crippen molar-refractivity contribution < 1.29 is 0 Å². The standard InChI is InChI=1S/C13H11N3S2/c1-9-5-4-6-10-11(9)14-12(18-10)15-13(17)16-7-2-3-8-16/h2-8H,1H3,(H,14,15,17). The lowest BCUT2D eigenvalue weighted by Crippen LogP contribution is -2.16. The van der Waals surface area contributed by atoms with Crippen molar-refractivity contribution >= 4 is 44.0 Å². The second kappa shape index (κ2) is 4.51. The van der Waals surface area contributed by atoms with Gasteiger partial charge >= 0.3 is 0 Å². The van der Waals surface area contributed by atoms with Crippen molar-refractivity contribution in [3.8, 4) is 0 Å². The Morgan fingerprint density at radius 1 is 1.28 bits per heavy atom. The minimum absolute atomic E-state index is 0.636. The summed E-state index contributed by atoms with van der Waals surface area (Å²) in [4.78, 5) is 4.57. The van der Waals surface area contributed by atoms with E-state index in [0.29, 0.717) is 5.11 Å². The molecule has 3 rings (SSSR count). The normalized spacial score (nSPS) is 10.7. The van der Waals surface area contributed by atoms with Crippen LogP contribution in [0.4, 0.5) is 5.13 Å². The lowest BCUT2D eigenvalue weighted by atomic mass is 10.2. The number of rotatable bonds is 1. The van der Waals surface area contributed by atoms with Gasteiger partial charge in [-0.05, 0) is 42.9 Å². The molecular weight excluding hydrogens is 262 g/mol. The minimum Gasteiger partial charge on any atom is -0.308 e. The van der Waals surface area contributed by atoms with Gasteiger partial charge in [-0.15, -0.1) is 0 Å². The van der Waals surface area contributed by atoms with Crippen LogP contribution in [0.2, 0.25) is 0 Å². The highest BCUT2D eigenvalue weighted by Gasteiger charge is 2.07. The molecule has 0 bridgehead atoms. The maximum Gasteiger partial charge on any atom is 0.190 e. The molecule has 0 radical (unpaired) electrons. The van der Waals surface area contributed by atoms with Crippen molar-refractivity contribution in [3.63, 3.8) is 0 Å². The first kappa shape index (κ1) is 11.4. The number of benzene rings is 1. The molecular formula is C13H11N3S2. The number of thiazole rings is 1. The first-order valence-electron chi connectivity index (χ1n) is 5.54. The van der Waals surface area contributed by atoms with Gasteiger partial charge in [-0.3, -0.25) is 0 Å². The molecule has 0 fully saturated rings. The van der Waals surface area contributed by atoms with Gasteiger partial charge < -0.3 is 9.88 Å². The number of hydrogen-bond acceptors (Lipinski definition) is 3. The quantitative estimate of drug-likeness (QED) is 0.686. The van der Waals surface area contributed by atoms with Crippen LogP contribution < -0.4 is 5.32 Å². The molecule has 0 saturated carbocycles. The Morgan fingerprint density at radius 3 is 2.78 bits per heavy atom. The van der Waals surface area contributed by atoms with E-state index in [-0.39, 0.29) is 0 Å². The van der Waals surface area contributed by atoms with Crippen molar-refractivity contribution in [3.05, 3.63) is 48.3 Å². The van der Waals surface area contributed by atoms with E-state index in [0.717, 1.165) is 10.6 Å². The number of para-hydroxylation sites is 1. The van der Waals surface area contributed by atoms with Crippen LogP contribution in [-0.2, 0) is 0 Å². The topological polar surface area (TPSA) is 29.9 Å². The zero-order valence-electron chi connectivity index (χ0n) is 9.75. The fourth-order valence-electron chi connectivity index (χ4n) is 1.77. The lowest BCUT2D eigenvalue weighted by Gasteiger charge is -2.04. The van der Waals surface area contributed by atoms with Crippen LogP contribution in [0, 0.1) is 6.92 Å². The highest BCUT2D eigenvalue weighted by atomic mass is 32.1. The number of nitrogens with one attached hydrogen (secondary N) is 1. The number of fused-ring (bicyclic) bond motifs is 1. The molecule has 0 spiro atoms. The molecule has 18 heavy (non-hydrogen) atoms. The van der Waals surface area contributed by atoms with Crippen molar-refractivity contribution in [1.82, 2.24) is 9.55 Å². The van der Waals surface area contributed by atoms with Gasteiger partial charge in [0.25, 0.3) is 0 Å². The number of thiocarbonyl (C=S) groups is 1. The van der Waals surface area contributed by atoms with Crippen molar-refractivity contribution in [2.75, 3.05) is 5.32 Å². The molecule has 3 nitrogen and oxygen atoms in total. The van der Waals surface area contributed by atoms with Crippen molar-refractivity contribution in [1.29, 1.82) is 0 Å². The molecule has 2 heterocycles. The molecule has 0 atom stereocenters. The summed E-state index contributed by atoms with van der Waals surface area (Å²) in [5.74, 6) is 0. The number of anilines is 1. The van der Waals surface area contributed by atoms with E-state index >= 15 is 0 Å². The summed E-state index contributed by atoms with van der Waals surface area (Å²) in [6.07, 6.45) is 3.82. The second-order valence-corrected chi connectivity index (χ2v) is 5.38. The Hall–Kier alpha value is -1.72. The maximum absolute atomic E-state index is 5.31. The van der Waals surface area contributed by atoms with Gasteiger partial charge in [0.1, 0.15) is 0 Å². The van der Waals surface area contributed by atoms with Crippen LogP contribution in [0.15, 0.2) is 42.7 Å². The van der Waals surface area contributed by atoms with E-state index in [9.17, 15) is 0 Å². The first-order chi connectivity index (χ1) is 8.74. The van der Waals surface area contributed by atoms with Crippen LogP contribution in [0.1, 0.15) is 5.56 Å². The Kier molecular flexibility index (Phi) is 2.85. The van der Waals surface area contributed by atoms with E-state index < -0.39 is 0 Å². The number of aryl methyl sites for hydroxylation is 1. The molecule has 90 valence electrons. The monoisotopic (exact) mass is 273 g/mol. The summed E-state index contributed by atoms with van der Waals surface area (Å²) in [5, 5.41) is 4.63. The molecule has 0 aliphatic rings. The SMILES string of the molecule is Cc1cccc2sc(NC(=S)n3cccc3)nc12. The summed E-state index contributed by atoms with van der Waals surface area (Å²) in [7, 11) is 0. The van der Waals surface area contributed by atoms with Crippen LogP contribution in [0.25, 0.3) is 10.2 Å². The van der Waals surface area contributed by atoms with Crippen molar-refractivity contribution in [2.45, 2.75) is 6.92 Å². The van der Waals surface area contributed by atoms with Gasteiger partial charge in [0.05, 0.1) is 10.2 Å². The van der Waals surface area contributed by atoms with Crippen molar-refractivity contribution in [2.24, 2.45) is 0 Å². The molecule has 5 heteroatoms. The van der Waals surface area contributed by atoms with Crippen LogP contribution >= 0.6 is 23.6 Å². The third kappa shape index (κ3) is 2.02. The van der Waals surface area contributed by atoms with E-state index in [4.69, 9.17) is 12.2 Å². The van der Waals surface area contributed by atoms with E-state index in [1.54, 1.807) is 11.3 Å². The highest BCUT2D eigenvalue weighted by molar-refractivity contribution is 7.80. The van der Waals surface area contributed by atoms with Gasteiger partial charge in [-0.2, -0.15) is 0 Å². The van der Waals surface area contributed by atoms with Crippen LogP contribution in [0.3, 0.4) is 0 Å². The van der Waals surface area contributed by atoms with E-state index in [2.05, 4.69) is 29.4 Å². The van der Waals surface area contributed by atoms with E-state index in [1.807, 2.05) is 35.2 Å². The van der Waals surface area contributed by atoms with Gasteiger partial charge in [0.2, 0.25) is 0 Å². The molecule has 0 saturated heterocycles. The molecule has 1 N–H and O–H groups in total.